The first-order chi connectivity index (χ1) is 13.3. The number of carbonyl (C=O) groups is 3. The Morgan fingerprint density at radius 1 is 1.07 bits per heavy atom. The minimum absolute atomic E-state index is 0.0871. The Labute approximate surface area is 161 Å². The summed E-state index contributed by atoms with van der Waals surface area (Å²) in [7, 11) is 0. The second kappa shape index (κ2) is 9.54. The topological polar surface area (TPSA) is 98.7 Å². The zero-order valence-electron chi connectivity index (χ0n) is 15.9. The lowest BCUT2D eigenvalue weighted by Crippen LogP contribution is -2.45. The number of hydrogen-bond donors (Lipinski definition) is 2. The van der Waals surface area contributed by atoms with E-state index in [9.17, 15) is 18.8 Å². The molecule has 0 bridgehead atoms. The molecule has 2 N–H and O–H groups in total. The monoisotopic (exact) mass is 391 g/mol. The number of hydrogen-bond acceptors (Lipinski definition) is 5. The number of benzene rings is 1. The number of aryl methyl sites for hydroxylation is 1. The van der Waals surface area contributed by atoms with Crippen LogP contribution in [0.15, 0.2) is 30.3 Å². The van der Waals surface area contributed by atoms with Crippen LogP contribution in [0.3, 0.4) is 0 Å². The average molecular weight is 391 g/mol. The number of amides is 2. The summed E-state index contributed by atoms with van der Waals surface area (Å²) in [5.74, 6) is -1.59. The zero-order chi connectivity index (χ0) is 20.7. The van der Waals surface area contributed by atoms with Crippen LogP contribution in [0.1, 0.15) is 28.7 Å². The fourth-order valence-corrected chi connectivity index (χ4v) is 2.50. The maximum Gasteiger partial charge on any atom is 0.339 e. The molecular weight excluding hydrogens is 369 g/mol. The Morgan fingerprint density at radius 3 is 2.36 bits per heavy atom. The summed E-state index contributed by atoms with van der Waals surface area (Å²) in [5.41, 5.74) is 6.21. The number of nitrogens with one attached hydrogen (secondary N) is 2. The van der Waals surface area contributed by atoms with E-state index >= 15 is 0 Å². The van der Waals surface area contributed by atoms with Gasteiger partial charge in [0.25, 0.3) is 11.8 Å². The summed E-state index contributed by atoms with van der Waals surface area (Å²) in [6, 6.07) is 6.85. The molecular formula is C19H22FN3O5. The van der Waals surface area contributed by atoms with Gasteiger partial charge in [0.2, 0.25) is 0 Å². The Balaban J connectivity index is 1.84. The number of carbonyl (C=O) groups excluding carboxylic acids is 3. The number of halogens is 1. The number of rotatable bonds is 7. The summed E-state index contributed by atoms with van der Waals surface area (Å²) < 4.78 is 24.6. The van der Waals surface area contributed by atoms with Gasteiger partial charge in [-0.3, -0.25) is 20.4 Å². The molecule has 0 saturated heterocycles. The second-order valence-corrected chi connectivity index (χ2v) is 5.93. The summed E-state index contributed by atoms with van der Waals surface area (Å²) in [5, 5.41) is 0. The number of esters is 1. The third kappa shape index (κ3) is 5.57. The standard InChI is InChI=1S/C19H22FN3O5/c1-4-27-19(26)16-9-12(2)23(13(16)3)10-17(24)21-22-18(25)11-28-15-7-5-14(20)6-8-15/h5-9H,4,10-11H2,1-3H3,(H,21,24)(H,22,25). The van der Waals surface area contributed by atoms with Crippen molar-refractivity contribution in [1.29, 1.82) is 0 Å². The number of hydrazine groups is 1. The molecule has 2 rings (SSSR count). The summed E-state index contributed by atoms with van der Waals surface area (Å²) in [6.07, 6.45) is 0. The van der Waals surface area contributed by atoms with Crippen LogP contribution in [0, 0.1) is 19.7 Å². The molecule has 0 saturated carbocycles. The minimum Gasteiger partial charge on any atom is -0.484 e. The van der Waals surface area contributed by atoms with Crippen molar-refractivity contribution < 1.29 is 28.2 Å². The molecule has 0 fully saturated rings. The van der Waals surface area contributed by atoms with Crippen molar-refractivity contribution in [3.05, 3.63) is 53.1 Å². The molecule has 1 heterocycles. The molecule has 2 aromatic rings. The van der Waals surface area contributed by atoms with Gasteiger partial charge in [-0.25, -0.2) is 9.18 Å². The third-order valence-electron chi connectivity index (χ3n) is 3.90. The van der Waals surface area contributed by atoms with Gasteiger partial charge in [-0.15, -0.1) is 0 Å². The minimum atomic E-state index is -0.578. The molecule has 0 aliphatic carbocycles. The molecule has 28 heavy (non-hydrogen) atoms. The van der Waals surface area contributed by atoms with E-state index in [1.54, 1.807) is 31.4 Å². The number of aromatic nitrogens is 1. The van der Waals surface area contributed by atoms with Gasteiger partial charge in [0.15, 0.2) is 6.61 Å². The fourth-order valence-electron chi connectivity index (χ4n) is 2.50. The molecule has 0 aliphatic heterocycles. The molecule has 0 aliphatic rings. The predicted molar refractivity (Wildman–Crippen MR) is 98.0 cm³/mol. The highest BCUT2D eigenvalue weighted by molar-refractivity contribution is 5.91. The van der Waals surface area contributed by atoms with Crippen molar-refractivity contribution >= 4 is 17.8 Å². The van der Waals surface area contributed by atoms with Gasteiger partial charge in [-0.1, -0.05) is 0 Å². The van der Waals surface area contributed by atoms with E-state index < -0.39 is 23.6 Å². The van der Waals surface area contributed by atoms with Gasteiger partial charge in [-0.2, -0.15) is 0 Å². The Hall–Kier alpha value is -3.36. The maximum atomic E-state index is 12.8. The van der Waals surface area contributed by atoms with Crippen molar-refractivity contribution in [1.82, 2.24) is 15.4 Å². The molecule has 2 amide bonds. The van der Waals surface area contributed by atoms with E-state index in [-0.39, 0.29) is 19.8 Å². The lowest BCUT2D eigenvalue weighted by Gasteiger charge is -2.12. The first-order valence-electron chi connectivity index (χ1n) is 8.61. The molecule has 0 radical (unpaired) electrons. The molecule has 0 spiro atoms. The van der Waals surface area contributed by atoms with Crippen molar-refractivity contribution in [2.45, 2.75) is 27.3 Å². The van der Waals surface area contributed by atoms with Gasteiger partial charge in [-0.05, 0) is 51.1 Å². The average Bonchev–Trinajstić information content (AvgIpc) is 2.94. The number of ether oxygens (including phenoxy) is 2. The highest BCUT2D eigenvalue weighted by atomic mass is 19.1. The maximum absolute atomic E-state index is 12.8. The van der Waals surface area contributed by atoms with Gasteiger partial charge in [0.05, 0.1) is 12.2 Å². The van der Waals surface area contributed by atoms with E-state index in [0.717, 1.165) is 0 Å². The Bertz CT molecular complexity index is 861. The van der Waals surface area contributed by atoms with E-state index in [2.05, 4.69) is 10.9 Å². The van der Waals surface area contributed by atoms with E-state index in [0.29, 0.717) is 22.7 Å². The van der Waals surface area contributed by atoms with Crippen molar-refractivity contribution in [3.8, 4) is 5.75 Å². The molecule has 0 atom stereocenters. The van der Waals surface area contributed by atoms with Crippen molar-refractivity contribution in [3.63, 3.8) is 0 Å². The summed E-state index contributed by atoms with van der Waals surface area (Å²) in [4.78, 5) is 35.8. The SMILES string of the molecule is CCOC(=O)c1cc(C)n(CC(=O)NNC(=O)COc2ccc(F)cc2)c1C. The van der Waals surface area contributed by atoms with Gasteiger partial charge < -0.3 is 14.0 Å². The Morgan fingerprint density at radius 2 is 1.71 bits per heavy atom. The first kappa shape index (κ1) is 20.9. The molecule has 9 heteroatoms. The van der Waals surface area contributed by atoms with Crippen LogP contribution in [0.4, 0.5) is 4.39 Å². The van der Waals surface area contributed by atoms with Gasteiger partial charge >= 0.3 is 5.97 Å². The smallest absolute Gasteiger partial charge is 0.339 e. The quantitative estimate of drug-likeness (QED) is 0.552. The summed E-state index contributed by atoms with van der Waals surface area (Å²) >= 11 is 0. The molecule has 1 aromatic heterocycles. The van der Waals surface area contributed by atoms with Gasteiger partial charge in [0.1, 0.15) is 18.1 Å². The second-order valence-electron chi connectivity index (χ2n) is 5.93. The normalized spacial score (nSPS) is 10.3. The lowest BCUT2D eigenvalue weighted by molar-refractivity contribution is -0.130. The third-order valence-corrected chi connectivity index (χ3v) is 3.90. The van der Waals surface area contributed by atoms with Crippen LogP contribution in [-0.4, -0.2) is 35.6 Å². The summed E-state index contributed by atoms with van der Waals surface area (Å²) in [6.45, 7) is 5.01. The van der Waals surface area contributed by atoms with Crippen LogP contribution < -0.4 is 15.6 Å². The van der Waals surface area contributed by atoms with Crippen LogP contribution in [0.5, 0.6) is 5.75 Å². The van der Waals surface area contributed by atoms with Crippen molar-refractivity contribution in [2.24, 2.45) is 0 Å². The van der Waals surface area contributed by atoms with Crippen LogP contribution >= 0.6 is 0 Å². The molecule has 150 valence electrons. The predicted octanol–water partition coefficient (Wildman–Crippen LogP) is 1.65. The van der Waals surface area contributed by atoms with E-state index in [1.807, 2.05) is 0 Å². The van der Waals surface area contributed by atoms with Crippen molar-refractivity contribution in [2.75, 3.05) is 13.2 Å². The highest BCUT2D eigenvalue weighted by Gasteiger charge is 2.18. The fraction of sp³-hybridized carbons (Fsp3) is 0.316. The van der Waals surface area contributed by atoms with Crippen LogP contribution in [0.25, 0.3) is 0 Å². The lowest BCUT2D eigenvalue weighted by atomic mass is 10.2. The molecule has 0 unspecified atom stereocenters. The van der Waals surface area contributed by atoms with Crippen LogP contribution in [0.2, 0.25) is 0 Å². The molecule has 8 nitrogen and oxygen atoms in total. The zero-order valence-corrected chi connectivity index (χ0v) is 15.9. The van der Waals surface area contributed by atoms with E-state index in [1.165, 1.54) is 24.3 Å². The molecule has 1 aromatic carbocycles. The first-order valence-corrected chi connectivity index (χ1v) is 8.61. The van der Waals surface area contributed by atoms with Crippen LogP contribution in [-0.2, 0) is 20.9 Å². The van der Waals surface area contributed by atoms with Gasteiger partial charge in [0, 0.05) is 11.4 Å². The van der Waals surface area contributed by atoms with E-state index in [4.69, 9.17) is 9.47 Å². The number of nitrogens with zero attached hydrogens (tertiary/aromatic N) is 1. The Kier molecular flexibility index (Phi) is 7.14. The highest BCUT2D eigenvalue weighted by Crippen LogP contribution is 2.16. The largest absolute Gasteiger partial charge is 0.484 e.